The molecule has 0 aliphatic heterocycles. The molecule has 3 heteroatoms. The Hall–Kier alpha value is -1.64. The Bertz CT molecular complexity index is 735. The van der Waals surface area contributed by atoms with Crippen LogP contribution >= 0.6 is 11.6 Å². The average molecular weight is 341 g/mol. The molecule has 0 fully saturated rings. The van der Waals surface area contributed by atoms with Crippen molar-refractivity contribution in [3.8, 4) is 0 Å². The van der Waals surface area contributed by atoms with Crippen LogP contribution < -0.4 is 0 Å². The number of benzene rings is 1. The third-order valence-electron chi connectivity index (χ3n) is 4.80. The number of aromatic nitrogens is 1. The maximum atomic E-state index is 6.24. The quantitative estimate of drug-likeness (QED) is 0.719. The van der Waals surface area contributed by atoms with E-state index < -0.39 is 0 Å². The monoisotopic (exact) mass is 340 g/mol. The molecule has 0 saturated heterocycles. The molecule has 2 nitrogen and oxygen atoms in total. The van der Waals surface area contributed by atoms with E-state index in [-0.39, 0.29) is 0 Å². The molecule has 0 N–H and O–H groups in total. The topological polar surface area (TPSA) is 16.1 Å². The van der Waals surface area contributed by atoms with Crippen LogP contribution in [0.5, 0.6) is 0 Å². The minimum absolute atomic E-state index is 0.353. The largest absolute Gasteiger partial charge is 0.309 e. The van der Waals surface area contributed by atoms with Crippen LogP contribution in [0, 0.1) is 0 Å². The van der Waals surface area contributed by atoms with Crippen LogP contribution in [0.3, 0.4) is 0 Å². The van der Waals surface area contributed by atoms with E-state index in [0.717, 1.165) is 30.8 Å². The van der Waals surface area contributed by atoms with E-state index in [9.17, 15) is 0 Å². The molecule has 0 radical (unpaired) electrons. The van der Waals surface area contributed by atoms with E-state index >= 15 is 0 Å². The number of pyridine rings is 1. The summed E-state index contributed by atoms with van der Waals surface area (Å²) in [4.78, 5) is 6.90. The summed E-state index contributed by atoms with van der Waals surface area (Å²) in [5.41, 5.74) is 6.91. The van der Waals surface area contributed by atoms with Crippen molar-refractivity contribution in [2.24, 2.45) is 0 Å². The minimum Gasteiger partial charge on any atom is -0.309 e. The summed E-state index contributed by atoms with van der Waals surface area (Å²) >= 11 is 6.24. The molecule has 126 valence electrons. The molecular formula is C21H25ClN2. The van der Waals surface area contributed by atoms with E-state index in [1.54, 1.807) is 5.57 Å². The van der Waals surface area contributed by atoms with Crippen molar-refractivity contribution < 1.29 is 0 Å². The molecule has 1 atom stereocenters. The number of halogens is 1. The predicted molar refractivity (Wildman–Crippen MR) is 103 cm³/mol. The first-order chi connectivity index (χ1) is 11.6. The van der Waals surface area contributed by atoms with Gasteiger partial charge in [0.15, 0.2) is 0 Å². The van der Waals surface area contributed by atoms with Gasteiger partial charge < -0.3 is 4.90 Å². The van der Waals surface area contributed by atoms with Crippen LogP contribution in [0.1, 0.15) is 42.5 Å². The van der Waals surface area contributed by atoms with E-state index in [4.69, 9.17) is 11.6 Å². The minimum atomic E-state index is 0.353. The van der Waals surface area contributed by atoms with Crippen molar-refractivity contribution in [1.29, 1.82) is 0 Å². The first-order valence-electron chi connectivity index (χ1n) is 8.66. The van der Waals surface area contributed by atoms with Crippen molar-refractivity contribution >= 4 is 17.2 Å². The summed E-state index contributed by atoms with van der Waals surface area (Å²) < 4.78 is 0. The van der Waals surface area contributed by atoms with E-state index in [1.165, 1.54) is 22.4 Å². The van der Waals surface area contributed by atoms with Gasteiger partial charge in [0.25, 0.3) is 0 Å². The number of allylic oxidation sites excluding steroid dienone is 1. The molecule has 0 amide bonds. The Kier molecular flexibility index (Phi) is 5.37. The number of rotatable bonds is 6. The Labute approximate surface area is 150 Å². The highest BCUT2D eigenvalue weighted by molar-refractivity contribution is 6.30. The highest BCUT2D eigenvalue weighted by Gasteiger charge is 2.28. The maximum absolute atomic E-state index is 6.24. The molecule has 3 rings (SSSR count). The molecule has 1 aromatic carbocycles. The Balaban J connectivity index is 2.05. The van der Waals surface area contributed by atoms with Gasteiger partial charge in [-0.3, -0.25) is 4.98 Å². The molecule has 1 aliphatic carbocycles. The van der Waals surface area contributed by atoms with Crippen LogP contribution in [-0.2, 0) is 6.42 Å². The second-order valence-corrected chi connectivity index (χ2v) is 7.20. The fourth-order valence-corrected chi connectivity index (χ4v) is 3.84. The highest BCUT2D eigenvalue weighted by atomic mass is 35.5. The maximum Gasteiger partial charge on any atom is 0.0478 e. The summed E-state index contributed by atoms with van der Waals surface area (Å²) in [6.07, 6.45) is 5.07. The second-order valence-electron chi connectivity index (χ2n) is 6.76. The lowest BCUT2D eigenvalue weighted by molar-refractivity contribution is 0.412. The van der Waals surface area contributed by atoms with Crippen LogP contribution in [0.2, 0.25) is 5.02 Å². The molecule has 0 saturated carbocycles. The summed E-state index contributed by atoms with van der Waals surface area (Å²) in [5, 5.41) is 0.827. The van der Waals surface area contributed by atoms with Gasteiger partial charge in [-0.25, -0.2) is 0 Å². The van der Waals surface area contributed by atoms with Crippen LogP contribution in [0.25, 0.3) is 5.57 Å². The van der Waals surface area contributed by atoms with Crippen molar-refractivity contribution in [3.63, 3.8) is 0 Å². The molecule has 24 heavy (non-hydrogen) atoms. The molecule has 1 heterocycles. The van der Waals surface area contributed by atoms with Crippen LogP contribution in [-0.4, -0.2) is 30.5 Å². The normalized spacial score (nSPS) is 15.0. The molecule has 2 aromatic rings. The van der Waals surface area contributed by atoms with E-state index in [2.05, 4.69) is 55.2 Å². The summed E-state index contributed by atoms with van der Waals surface area (Å²) in [6.45, 7) is 3.32. The average Bonchev–Trinajstić information content (AvgIpc) is 2.92. The molecule has 1 aromatic heterocycles. The van der Waals surface area contributed by atoms with Gasteiger partial charge >= 0.3 is 0 Å². The van der Waals surface area contributed by atoms with Crippen LogP contribution in [0.15, 0.2) is 48.2 Å². The SMILES string of the molecule is CCC(C1=C(CCN(C)C)Cc2cc(Cl)ccc21)c1ccccn1. The van der Waals surface area contributed by atoms with Crippen molar-refractivity contribution in [1.82, 2.24) is 9.88 Å². The van der Waals surface area contributed by atoms with Crippen molar-refractivity contribution in [2.75, 3.05) is 20.6 Å². The fraction of sp³-hybridized carbons (Fsp3) is 0.381. The molecular weight excluding hydrogens is 316 g/mol. The lowest BCUT2D eigenvalue weighted by Crippen LogP contribution is -2.14. The first kappa shape index (κ1) is 17.2. The number of hydrogen-bond acceptors (Lipinski definition) is 2. The van der Waals surface area contributed by atoms with Gasteiger partial charge in [-0.15, -0.1) is 0 Å². The highest BCUT2D eigenvalue weighted by Crippen LogP contribution is 2.44. The van der Waals surface area contributed by atoms with Crippen LogP contribution in [0.4, 0.5) is 0 Å². The lowest BCUT2D eigenvalue weighted by Gasteiger charge is -2.20. The second kappa shape index (κ2) is 7.50. The Morgan fingerprint density at radius 1 is 1.21 bits per heavy atom. The Morgan fingerprint density at radius 3 is 2.71 bits per heavy atom. The molecule has 1 aliphatic rings. The number of nitrogens with zero attached hydrogens (tertiary/aromatic N) is 2. The molecule has 1 unspecified atom stereocenters. The van der Waals surface area contributed by atoms with Crippen molar-refractivity contribution in [3.05, 3.63) is 70.0 Å². The zero-order valence-corrected chi connectivity index (χ0v) is 15.5. The van der Waals surface area contributed by atoms with Crippen molar-refractivity contribution in [2.45, 2.75) is 32.1 Å². The number of hydrogen-bond donors (Lipinski definition) is 0. The lowest BCUT2D eigenvalue weighted by atomic mass is 9.86. The summed E-state index contributed by atoms with van der Waals surface area (Å²) in [5.74, 6) is 0.353. The van der Waals surface area contributed by atoms with Gasteiger partial charge in [0.05, 0.1) is 0 Å². The smallest absolute Gasteiger partial charge is 0.0478 e. The van der Waals surface area contributed by atoms with E-state index in [1.807, 2.05) is 18.3 Å². The molecule has 0 spiro atoms. The third kappa shape index (κ3) is 3.55. The zero-order chi connectivity index (χ0) is 17.1. The third-order valence-corrected chi connectivity index (χ3v) is 5.04. The zero-order valence-electron chi connectivity index (χ0n) is 14.7. The number of fused-ring (bicyclic) bond motifs is 1. The van der Waals surface area contributed by atoms with E-state index in [0.29, 0.717) is 5.92 Å². The predicted octanol–water partition coefficient (Wildman–Crippen LogP) is 5.19. The van der Waals surface area contributed by atoms with Gasteiger partial charge in [0.1, 0.15) is 0 Å². The van der Waals surface area contributed by atoms with Gasteiger partial charge in [-0.05, 0) is 74.3 Å². The van der Waals surface area contributed by atoms with Gasteiger partial charge in [-0.2, -0.15) is 0 Å². The fourth-order valence-electron chi connectivity index (χ4n) is 3.65. The molecule has 0 bridgehead atoms. The summed E-state index contributed by atoms with van der Waals surface area (Å²) in [7, 11) is 4.27. The standard InChI is InChI=1S/C21H25ClN2/c1-4-18(20-7-5-6-11-23-20)21-15(10-12-24(2)3)13-16-14-17(22)8-9-19(16)21/h5-9,11,14,18H,4,10,12-13H2,1-3H3. The Morgan fingerprint density at radius 2 is 2.04 bits per heavy atom. The summed E-state index contributed by atoms with van der Waals surface area (Å²) in [6, 6.07) is 12.6. The first-order valence-corrected chi connectivity index (χ1v) is 9.04. The van der Waals surface area contributed by atoms with Gasteiger partial charge in [-0.1, -0.05) is 36.2 Å². The van der Waals surface area contributed by atoms with Gasteiger partial charge in [0.2, 0.25) is 0 Å². The van der Waals surface area contributed by atoms with Gasteiger partial charge in [0, 0.05) is 29.4 Å².